The van der Waals surface area contributed by atoms with Crippen molar-refractivity contribution in [3.05, 3.63) is 83.0 Å². The number of aliphatic hydroxyl groups is 1. The SMILES string of the molecule is CO.COC(=O)[C@@]1(C)CC[C@]2(C)CC[C@]3(C)C(=CC(=O)[C@@H]4[C@@]5(C)CCC(NC(=O)Nc6ccccc6C(=O)O)C(C)(C)[C@@H]5CC[C@]43C)C2C1.COC(=O)c1ccccc1NC(=O)NC1CC[C@]2(C)[C@H]3C(=O)C=C4C5C[C@@](C)(C(=O)OC)CC[C@]5(C)CC[C@@]4(C)[C@]3(C)CC[C@H]2C1(C)C. The van der Waals surface area contributed by atoms with Gasteiger partial charge in [-0.3, -0.25) is 19.2 Å². The number of fused-ring (bicyclic) bond motifs is 14. The van der Waals surface area contributed by atoms with Crippen LogP contribution in [0.5, 0.6) is 0 Å². The maximum absolute atomic E-state index is 14.7. The van der Waals surface area contributed by atoms with Gasteiger partial charge in [-0.05, 0) is 244 Å². The summed E-state index contributed by atoms with van der Waals surface area (Å²) >= 11 is 0. The molecule has 0 saturated heterocycles. The van der Waals surface area contributed by atoms with Crippen molar-refractivity contribution < 1.29 is 62.8 Å². The lowest BCUT2D eigenvalue weighted by molar-refractivity contribution is -0.189. The number of aliphatic hydroxyl groups excluding tert-OH is 1. The fourth-order valence-electron chi connectivity index (χ4n) is 24.0. The molecule has 2 aromatic carbocycles. The molecule has 0 heterocycles. The van der Waals surface area contributed by atoms with Gasteiger partial charge in [0.2, 0.25) is 0 Å². The molecule has 4 unspecified atom stereocenters. The highest BCUT2D eigenvalue weighted by atomic mass is 16.5. The van der Waals surface area contributed by atoms with E-state index in [1.165, 1.54) is 38.5 Å². The molecule has 17 heteroatoms. The Kier molecular flexibility index (Phi) is 19.2. The highest BCUT2D eigenvalue weighted by Gasteiger charge is 2.73. The zero-order valence-electron chi connectivity index (χ0n) is 61.5. The maximum Gasteiger partial charge on any atom is 0.339 e. The van der Waals surface area contributed by atoms with Crippen LogP contribution < -0.4 is 21.3 Å². The van der Waals surface area contributed by atoms with E-state index in [0.29, 0.717) is 11.3 Å². The van der Waals surface area contributed by atoms with Gasteiger partial charge in [-0.15, -0.1) is 0 Å². The van der Waals surface area contributed by atoms with Crippen LogP contribution in [0.15, 0.2) is 71.8 Å². The fraction of sp³-hybridized carbons (Fsp3) is 0.700. The second-order valence-corrected chi connectivity index (χ2v) is 35.4. The van der Waals surface area contributed by atoms with Gasteiger partial charge in [0, 0.05) is 31.0 Å². The summed E-state index contributed by atoms with van der Waals surface area (Å²) in [6.07, 6.45) is 20.4. The lowest BCUT2D eigenvalue weighted by Crippen LogP contribution is -2.67. The number of carbonyl (C=O) groups excluding carboxylic acids is 7. The van der Waals surface area contributed by atoms with Gasteiger partial charge in [-0.25, -0.2) is 19.2 Å². The van der Waals surface area contributed by atoms with Gasteiger partial charge in [0.1, 0.15) is 0 Å². The summed E-state index contributed by atoms with van der Waals surface area (Å²) in [4.78, 5) is 106. The normalized spacial score (nSPS) is 40.8. The van der Waals surface area contributed by atoms with Gasteiger partial charge in [0.15, 0.2) is 11.6 Å². The number of rotatable bonds is 8. The van der Waals surface area contributed by atoms with E-state index in [2.05, 4.69) is 117 Å². The largest absolute Gasteiger partial charge is 0.478 e. The molecule has 10 aliphatic carbocycles. The minimum absolute atomic E-state index is 0.0487. The molecule has 0 aromatic heterocycles. The van der Waals surface area contributed by atoms with Crippen LogP contribution in [0.4, 0.5) is 21.0 Å². The zero-order chi connectivity index (χ0) is 71.5. The number of para-hydroxylation sites is 2. The first-order valence-corrected chi connectivity index (χ1v) is 36.0. The van der Waals surface area contributed by atoms with E-state index < -0.39 is 28.8 Å². The van der Waals surface area contributed by atoms with E-state index in [4.69, 9.17) is 19.3 Å². The molecule has 0 bridgehead atoms. The summed E-state index contributed by atoms with van der Waals surface area (Å²) < 4.78 is 15.5. The predicted octanol–water partition coefficient (Wildman–Crippen LogP) is 15.8. The van der Waals surface area contributed by atoms with Crippen molar-refractivity contribution in [2.45, 2.75) is 225 Å². The van der Waals surface area contributed by atoms with Crippen molar-refractivity contribution in [2.75, 3.05) is 39.1 Å². The summed E-state index contributed by atoms with van der Waals surface area (Å²) in [5.41, 5.74) is 0.943. The number of aromatic carboxylic acids is 1. The number of allylic oxidation sites excluding steroid dienone is 4. The first-order chi connectivity index (χ1) is 45.3. The van der Waals surface area contributed by atoms with E-state index in [9.17, 15) is 43.5 Å². The summed E-state index contributed by atoms with van der Waals surface area (Å²) in [6.45, 7) is 32.2. The third kappa shape index (κ3) is 11.4. The van der Waals surface area contributed by atoms with Crippen molar-refractivity contribution in [2.24, 2.45) is 100 Å². The Balaban J connectivity index is 0.000000205. The van der Waals surface area contributed by atoms with Gasteiger partial charge in [0.05, 0.1) is 54.7 Å². The standard InChI is InChI=1S/C40H56N2O6.C39H54N2O6.CH4O/c1-35(2)29-14-17-40(7)31(38(29,5)16-15-30(35)42-34(46)41-27-13-11-10-12-24(27)32(44)47-8)28(43)22-25-26-23-37(4,33(45)48-9)19-18-36(26,3)20-21-39(25,40)6;1-34(2)28-13-16-39(7)30(37(28,5)15-14-29(34)41-33(46)40-26-12-10-9-11-23(26)31(43)44)27(42)21-24-25-22-36(4,32(45)47-8)18-17-35(25,3)19-20-38(24,39)6;1-2/h10-13,22,26,29-31H,14-21,23H2,1-9H3,(H2,41,42,46);9-12,21,25,28-30H,13-20,22H2,1-8H3,(H,43,44)(H2,40,41,46);2H,1H3/t26?,29-,30?,31+,36+,37-,38-,39+,40+;25?,28-,29?,30+,35+,36-,37-,38+,39+;/m00./s1. The Labute approximate surface area is 576 Å². The number of methoxy groups -OCH3 is 3. The predicted molar refractivity (Wildman–Crippen MR) is 374 cm³/mol. The average molecular weight is 1340 g/mol. The number of ether oxygens (including phenoxy) is 3. The second kappa shape index (κ2) is 25.4. The highest BCUT2D eigenvalue weighted by Crippen LogP contribution is 2.77. The third-order valence-corrected chi connectivity index (χ3v) is 30.2. The number of urea groups is 2. The summed E-state index contributed by atoms with van der Waals surface area (Å²) in [5, 5.41) is 28.7. The highest BCUT2D eigenvalue weighted by molar-refractivity contribution is 6.02. The zero-order valence-corrected chi connectivity index (χ0v) is 61.5. The molecule has 17 nitrogen and oxygen atoms in total. The van der Waals surface area contributed by atoms with Crippen molar-refractivity contribution in [1.82, 2.24) is 10.6 Å². The molecule has 10 aliphatic rings. The first kappa shape index (κ1) is 73.4. The quantitative estimate of drug-likeness (QED) is 0.106. The Hall–Kier alpha value is -6.36. The molecule has 0 aliphatic heterocycles. The van der Waals surface area contributed by atoms with Crippen LogP contribution >= 0.6 is 0 Å². The number of ketones is 2. The molecule has 8 fully saturated rings. The molecule has 97 heavy (non-hydrogen) atoms. The van der Waals surface area contributed by atoms with Crippen LogP contribution in [0.1, 0.15) is 233 Å². The molecule has 12 rings (SSSR count). The van der Waals surface area contributed by atoms with Crippen molar-refractivity contribution >= 4 is 58.9 Å². The van der Waals surface area contributed by atoms with E-state index in [1.54, 1.807) is 42.5 Å². The van der Waals surface area contributed by atoms with Crippen molar-refractivity contribution in [3.63, 3.8) is 0 Å². The molecular formula is C80H114N4O13. The minimum atomic E-state index is -1.09. The van der Waals surface area contributed by atoms with Crippen LogP contribution in [-0.2, 0) is 33.4 Å². The van der Waals surface area contributed by atoms with Gasteiger partial charge >= 0.3 is 35.9 Å². The molecule has 2 aromatic rings. The Morgan fingerprint density at radius 1 is 0.454 bits per heavy atom. The Morgan fingerprint density at radius 3 is 1.19 bits per heavy atom. The van der Waals surface area contributed by atoms with Gasteiger partial charge in [-0.1, -0.05) is 118 Å². The summed E-state index contributed by atoms with van der Waals surface area (Å²) in [5.74, 6) is -0.804. The molecule has 6 N–H and O–H groups in total. The van der Waals surface area contributed by atoms with E-state index in [-0.39, 0.29) is 143 Å². The Bertz CT molecular complexity index is 3580. The fourth-order valence-corrected chi connectivity index (χ4v) is 24.0. The number of carbonyl (C=O) groups is 8. The number of benzene rings is 2. The Morgan fingerprint density at radius 2 is 0.814 bits per heavy atom. The molecule has 532 valence electrons. The minimum Gasteiger partial charge on any atom is -0.478 e. The van der Waals surface area contributed by atoms with E-state index in [1.807, 2.05) is 13.0 Å². The number of carboxylic acids is 1. The van der Waals surface area contributed by atoms with Gasteiger partial charge < -0.3 is 45.7 Å². The number of hydrogen-bond donors (Lipinski definition) is 6. The third-order valence-electron chi connectivity index (χ3n) is 30.2. The topological polar surface area (TPSA) is 253 Å². The maximum atomic E-state index is 14.7. The summed E-state index contributed by atoms with van der Waals surface area (Å²) in [7, 11) is 5.30. The van der Waals surface area contributed by atoms with Crippen LogP contribution in [0, 0.1) is 100 Å². The lowest BCUT2D eigenvalue weighted by Gasteiger charge is -2.70. The molecule has 4 amide bonds. The van der Waals surface area contributed by atoms with Crippen LogP contribution in [0.2, 0.25) is 0 Å². The number of hydrogen-bond acceptors (Lipinski definition) is 12. The number of esters is 3. The van der Waals surface area contributed by atoms with Crippen LogP contribution in [0.25, 0.3) is 0 Å². The molecule has 0 radical (unpaired) electrons. The smallest absolute Gasteiger partial charge is 0.339 e. The van der Waals surface area contributed by atoms with E-state index in [0.717, 1.165) is 123 Å². The van der Waals surface area contributed by atoms with Crippen LogP contribution in [0.3, 0.4) is 0 Å². The van der Waals surface area contributed by atoms with E-state index >= 15 is 0 Å². The molecule has 8 saturated carbocycles. The van der Waals surface area contributed by atoms with Gasteiger partial charge in [-0.2, -0.15) is 0 Å². The number of carboxylic acid groups (broad SMARTS) is 1. The average Bonchev–Trinajstić information content (AvgIpc) is 0.679. The number of anilines is 2. The molecule has 18 atom stereocenters. The number of amides is 4. The molecular weight excluding hydrogens is 1220 g/mol. The summed E-state index contributed by atoms with van der Waals surface area (Å²) in [6, 6.07) is 12.3. The van der Waals surface area contributed by atoms with Crippen molar-refractivity contribution in [1.29, 1.82) is 0 Å². The second-order valence-electron chi connectivity index (χ2n) is 35.4. The lowest BCUT2D eigenvalue weighted by atomic mass is 9.33. The molecule has 0 spiro atoms. The number of nitrogens with one attached hydrogen (secondary N) is 4. The van der Waals surface area contributed by atoms with Gasteiger partial charge in [0.25, 0.3) is 0 Å². The van der Waals surface area contributed by atoms with Crippen LogP contribution in [-0.4, -0.2) is 98.2 Å². The monoisotopic (exact) mass is 1340 g/mol. The van der Waals surface area contributed by atoms with Crippen molar-refractivity contribution in [3.8, 4) is 0 Å². The first-order valence-electron chi connectivity index (χ1n) is 36.0.